The van der Waals surface area contributed by atoms with E-state index in [1.165, 1.54) is 0 Å². The quantitative estimate of drug-likeness (QED) is 0.531. The number of carbonyl (C=O) groups excluding carboxylic acids is 2. The van der Waals surface area contributed by atoms with Crippen molar-refractivity contribution >= 4 is 39.9 Å². The lowest BCUT2D eigenvalue weighted by Crippen LogP contribution is -2.36. The lowest BCUT2D eigenvalue weighted by Gasteiger charge is -2.30. The number of benzene rings is 2. The van der Waals surface area contributed by atoms with Crippen LogP contribution in [0.4, 0.5) is 5.69 Å². The number of ketones is 1. The number of nitrogens with one attached hydrogen (secondary N) is 1. The van der Waals surface area contributed by atoms with Crippen molar-refractivity contribution in [3.8, 4) is 5.75 Å². The van der Waals surface area contributed by atoms with Gasteiger partial charge < -0.3 is 15.0 Å². The normalized spacial score (nSPS) is 13.4. The van der Waals surface area contributed by atoms with Crippen molar-refractivity contribution in [1.82, 2.24) is 14.8 Å². The van der Waals surface area contributed by atoms with Crippen molar-refractivity contribution in [2.24, 2.45) is 0 Å². The standard InChI is InChI=1S/C26H29ClN4O3/c1-30(2)25(33)14-28-26-20-6-4-5-7-22(20)29-23-10-11-31(16-21(23)26)15-19(32)13-17-12-18(27)8-9-24(17)34-3/h4-9,12H,10-11,13-16H2,1-3H3,(H,28,29). The number of likely N-dealkylation sites (N-methyl/N-ethyl adjacent to an activating group) is 1. The highest BCUT2D eigenvalue weighted by molar-refractivity contribution is 6.30. The Kier molecular flexibility index (Phi) is 7.34. The van der Waals surface area contributed by atoms with Crippen LogP contribution in [0.2, 0.25) is 5.02 Å². The minimum atomic E-state index is -0.00652. The summed E-state index contributed by atoms with van der Waals surface area (Å²) in [5.74, 6) is 0.748. The first-order valence-electron chi connectivity index (χ1n) is 11.3. The topological polar surface area (TPSA) is 74.8 Å². The summed E-state index contributed by atoms with van der Waals surface area (Å²) >= 11 is 6.12. The highest BCUT2D eigenvalue weighted by Crippen LogP contribution is 2.32. The Bertz CT molecular complexity index is 1230. The third kappa shape index (κ3) is 5.32. The molecule has 0 saturated carbocycles. The number of pyridine rings is 1. The summed E-state index contributed by atoms with van der Waals surface area (Å²) in [5.41, 5.74) is 4.67. The molecule has 0 fully saturated rings. The van der Waals surface area contributed by atoms with Crippen LogP contribution in [0.25, 0.3) is 10.9 Å². The number of Topliss-reactive ketones (excluding diaryl/α,β-unsaturated/α-hetero) is 1. The average molecular weight is 481 g/mol. The molecule has 8 heteroatoms. The zero-order chi connectivity index (χ0) is 24.2. The van der Waals surface area contributed by atoms with Gasteiger partial charge in [-0.1, -0.05) is 29.8 Å². The Labute approximate surface area is 204 Å². The fourth-order valence-corrected chi connectivity index (χ4v) is 4.50. The maximum absolute atomic E-state index is 12.9. The van der Waals surface area contributed by atoms with Crippen LogP contribution in [0, 0.1) is 0 Å². The molecule has 7 nitrogen and oxygen atoms in total. The van der Waals surface area contributed by atoms with Gasteiger partial charge in [-0.25, -0.2) is 0 Å². The molecule has 1 amide bonds. The lowest BCUT2D eigenvalue weighted by atomic mass is 9.99. The Morgan fingerprint density at radius 3 is 2.76 bits per heavy atom. The molecule has 1 aliphatic heterocycles. The van der Waals surface area contributed by atoms with Gasteiger partial charge in [0.25, 0.3) is 0 Å². The minimum Gasteiger partial charge on any atom is -0.496 e. The molecule has 1 aliphatic rings. The second kappa shape index (κ2) is 10.4. The molecule has 0 spiro atoms. The van der Waals surface area contributed by atoms with Gasteiger partial charge in [-0.05, 0) is 24.3 Å². The number of amides is 1. The number of hydrogen-bond acceptors (Lipinski definition) is 6. The van der Waals surface area contributed by atoms with Crippen LogP contribution in [-0.2, 0) is 29.0 Å². The number of rotatable bonds is 8. The lowest BCUT2D eigenvalue weighted by molar-refractivity contribution is -0.126. The van der Waals surface area contributed by atoms with Gasteiger partial charge in [-0.15, -0.1) is 0 Å². The Balaban J connectivity index is 1.55. The number of hydrogen-bond donors (Lipinski definition) is 1. The maximum Gasteiger partial charge on any atom is 0.241 e. The maximum atomic E-state index is 12.9. The minimum absolute atomic E-state index is 0.00652. The summed E-state index contributed by atoms with van der Waals surface area (Å²) in [6, 6.07) is 13.3. The Morgan fingerprint density at radius 2 is 2.00 bits per heavy atom. The SMILES string of the molecule is COc1ccc(Cl)cc1CC(=O)CN1CCc2nc3ccccc3c(NCC(=O)N(C)C)c2C1. The van der Waals surface area contributed by atoms with Crippen molar-refractivity contribution in [3.05, 3.63) is 64.3 Å². The molecule has 0 radical (unpaired) electrons. The van der Waals surface area contributed by atoms with E-state index in [0.717, 1.165) is 46.4 Å². The highest BCUT2D eigenvalue weighted by Gasteiger charge is 2.24. The zero-order valence-electron chi connectivity index (χ0n) is 19.7. The Hall–Kier alpha value is -3.16. The van der Waals surface area contributed by atoms with E-state index in [9.17, 15) is 9.59 Å². The van der Waals surface area contributed by atoms with Crippen LogP contribution in [0.15, 0.2) is 42.5 Å². The number of anilines is 1. The van der Waals surface area contributed by atoms with Gasteiger partial charge in [0.15, 0.2) is 5.78 Å². The molecule has 1 N–H and O–H groups in total. The number of nitrogens with zero attached hydrogens (tertiary/aromatic N) is 3. The van der Waals surface area contributed by atoms with Gasteiger partial charge in [-0.3, -0.25) is 19.5 Å². The molecule has 34 heavy (non-hydrogen) atoms. The second-order valence-corrected chi connectivity index (χ2v) is 9.14. The van der Waals surface area contributed by atoms with Crippen LogP contribution >= 0.6 is 11.6 Å². The van der Waals surface area contributed by atoms with Gasteiger partial charge >= 0.3 is 0 Å². The summed E-state index contributed by atoms with van der Waals surface area (Å²) < 4.78 is 5.39. The molecule has 2 aromatic carbocycles. The van der Waals surface area contributed by atoms with Crippen LogP contribution in [-0.4, -0.2) is 67.3 Å². The smallest absolute Gasteiger partial charge is 0.241 e. The molecule has 178 valence electrons. The van der Waals surface area contributed by atoms with Gasteiger partial charge in [0.2, 0.25) is 5.91 Å². The van der Waals surface area contributed by atoms with E-state index < -0.39 is 0 Å². The zero-order valence-corrected chi connectivity index (χ0v) is 20.5. The number of para-hydroxylation sites is 1. The number of aromatic nitrogens is 1. The second-order valence-electron chi connectivity index (χ2n) is 8.70. The summed E-state index contributed by atoms with van der Waals surface area (Å²) in [7, 11) is 5.07. The molecular weight excluding hydrogens is 452 g/mol. The van der Waals surface area contributed by atoms with Gasteiger partial charge in [0, 0.05) is 67.3 Å². The predicted octanol–water partition coefficient (Wildman–Crippen LogP) is 3.57. The van der Waals surface area contributed by atoms with E-state index >= 15 is 0 Å². The molecular formula is C26H29ClN4O3. The van der Waals surface area contributed by atoms with E-state index in [4.69, 9.17) is 21.3 Å². The molecule has 4 rings (SSSR count). The van der Waals surface area contributed by atoms with E-state index in [-0.39, 0.29) is 24.7 Å². The molecule has 1 aromatic heterocycles. The summed E-state index contributed by atoms with van der Waals surface area (Å²) in [6.07, 6.45) is 0.996. The van der Waals surface area contributed by atoms with E-state index in [1.54, 1.807) is 44.3 Å². The van der Waals surface area contributed by atoms with Crippen LogP contribution in [0.5, 0.6) is 5.75 Å². The van der Waals surface area contributed by atoms with Crippen LogP contribution in [0.3, 0.4) is 0 Å². The third-order valence-electron chi connectivity index (χ3n) is 6.07. The fraction of sp³-hybridized carbons (Fsp3) is 0.346. The highest BCUT2D eigenvalue weighted by atomic mass is 35.5. The molecule has 3 aromatic rings. The van der Waals surface area contributed by atoms with Crippen molar-refractivity contribution < 1.29 is 14.3 Å². The summed E-state index contributed by atoms with van der Waals surface area (Å²) in [6.45, 7) is 1.84. The largest absolute Gasteiger partial charge is 0.496 e. The monoisotopic (exact) mass is 480 g/mol. The van der Waals surface area contributed by atoms with E-state index in [1.807, 2.05) is 24.3 Å². The van der Waals surface area contributed by atoms with Crippen LogP contribution < -0.4 is 10.1 Å². The van der Waals surface area contributed by atoms with E-state index in [0.29, 0.717) is 23.9 Å². The fourth-order valence-electron chi connectivity index (χ4n) is 4.31. The first-order valence-corrected chi connectivity index (χ1v) is 11.6. The first-order chi connectivity index (χ1) is 16.4. The van der Waals surface area contributed by atoms with Crippen molar-refractivity contribution in [3.63, 3.8) is 0 Å². The van der Waals surface area contributed by atoms with E-state index in [2.05, 4.69) is 10.2 Å². The van der Waals surface area contributed by atoms with Crippen molar-refractivity contribution in [2.75, 3.05) is 46.2 Å². The van der Waals surface area contributed by atoms with Gasteiger partial charge in [0.1, 0.15) is 5.75 Å². The molecule has 0 saturated heterocycles. The molecule has 0 atom stereocenters. The van der Waals surface area contributed by atoms with Crippen molar-refractivity contribution in [1.29, 1.82) is 0 Å². The number of carbonyl (C=O) groups is 2. The summed E-state index contributed by atoms with van der Waals surface area (Å²) in [4.78, 5) is 33.8. The van der Waals surface area contributed by atoms with Crippen LogP contribution in [0.1, 0.15) is 16.8 Å². The third-order valence-corrected chi connectivity index (χ3v) is 6.31. The molecule has 0 bridgehead atoms. The van der Waals surface area contributed by atoms with Gasteiger partial charge in [-0.2, -0.15) is 0 Å². The molecule has 2 heterocycles. The number of halogens is 1. The summed E-state index contributed by atoms with van der Waals surface area (Å²) in [5, 5.41) is 4.91. The first kappa shape index (κ1) is 24.0. The predicted molar refractivity (Wildman–Crippen MR) is 135 cm³/mol. The number of methoxy groups -OCH3 is 1. The Morgan fingerprint density at radius 1 is 1.21 bits per heavy atom. The molecule has 0 unspecified atom stereocenters. The molecule has 0 aliphatic carbocycles. The van der Waals surface area contributed by atoms with Crippen molar-refractivity contribution in [2.45, 2.75) is 19.4 Å². The van der Waals surface area contributed by atoms with Gasteiger partial charge in [0.05, 0.1) is 31.4 Å². The number of fused-ring (bicyclic) bond motifs is 2. The average Bonchev–Trinajstić information content (AvgIpc) is 2.81. The number of ether oxygens (including phenoxy) is 1.